The summed E-state index contributed by atoms with van der Waals surface area (Å²) in [5.41, 5.74) is 7.83. The van der Waals surface area contributed by atoms with Crippen molar-refractivity contribution < 1.29 is 9.53 Å². The lowest BCUT2D eigenvalue weighted by Crippen LogP contribution is -2.19. The Labute approximate surface area is 124 Å². The number of methoxy groups -OCH3 is 1. The first-order valence-electron chi connectivity index (χ1n) is 7.00. The van der Waals surface area contributed by atoms with Crippen LogP contribution in [0.1, 0.15) is 36.5 Å². The maximum absolute atomic E-state index is 11.8. The minimum atomic E-state index is -0.350. The lowest BCUT2D eigenvalue weighted by molar-refractivity contribution is 0.0602. The van der Waals surface area contributed by atoms with Crippen molar-refractivity contribution in [3.8, 4) is 0 Å². The Kier molecular flexibility index (Phi) is 5.17. The lowest BCUT2D eigenvalue weighted by atomic mass is 10.1. The van der Waals surface area contributed by atoms with E-state index < -0.39 is 0 Å². The first kappa shape index (κ1) is 15.0. The summed E-state index contributed by atoms with van der Waals surface area (Å²) in [6, 6.07) is 5.71. The molecular formula is C15H22N2O2S. The molecule has 0 aromatic heterocycles. The summed E-state index contributed by atoms with van der Waals surface area (Å²) in [6.45, 7) is 2.19. The Morgan fingerprint density at radius 3 is 3.00 bits per heavy atom. The van der Waals surface area contributed by atoms with Gasteiger partial charge in [0.15, 0.2) is 0 Å². The molecule has 0 bridgehead atoms. The summed E-state index contributed by atoms with van der Waals surface area (Å²) in [5.74, 6) is 0.801. The second kappa shape index (κ2) is 6.88. The third kappa shape index (κ3) is 3.39. The van der Waals surface area contributed by atoms with E-state index in [9.17, 15) is 4.79 Å². The van der Waals surface area contributed by atoms with E-state index in [1.807, 2.05) is 17.8 Å². The van der Waals surface area contributed by atoms with Crippen molar-refractivity contribution in [1.29, 1.82) is 0 Å². The molecule has 2 atom stereocenters. The van der Waals surface area contributed by atoms with Crippen LogP contribution in [0, 0.1) is 0 Å². The van der Waals surface area contributed by atoms with E-state index in [0.717, 1.165) is 18.6 Å². The standard InChI is InChI=1S/C15H22N2O2S/c1-3-20-11-8-7-10(9-11)17-14-12(15(18)19-2)5-4-6-13(14)16/h4-6,10-11,17H,3,7-9,16H2,1-2H3. The number of carbonyl (C=O) groups excluding carboxylic acids is 1. The highest BCUT2D eigenvalue weighted by Gasteiger charge is 2.26. The predicted octanol–water partition coefficient (Wildman–Crippen LogP) is 3.14. The highest BCUT2D eigenvalue weighted by atomic mass is 32.2. The molecule has 0 radical (unpaired) electrons. The van der Waals surface area contributed by atoms with Crippen LogP contribution >= 0.6 is 11.8 Å². The largest absolute Gasteiger partial charge is 0.465 e. The van der Waals surface area contributed by atoms with Gasteiger partial charge in [0, 0.05) is 11.3 Å². The quantitative estimate of drug-likeness (QED) is 0.645. The zero-order valence-electron chi connectivity index (χ0n) is 12.0. The molecule has 0 amide bonds. The molecule has 1 aromatic rings. The minimum absolute atomic E-state index is 0.350. The molecule has 4 nitrogen and oxygen atoms in total. The molecule has 2 unspecified atom stereocenters. The number of para-hydroxylation sites is 1. The van der Waals surface area contributed by atoms with Crippen molar-refractivity contribution in [2.45, 2.75) is 37.5 Å². The molecule has 110 valence electrons. The number of nitrogens with two attached hydrogens (primary N) is 1. The van der Waals surface area contributed by atoms with Gasteiger partial charge >= 0.3 is 5.97 Å². The van der Waals surface area contributed by atoms with Gasteiger partial charge in [0.05, 0.1) is 24.0 Å². The first-order chi connectivity index (χ1) is 9.65. The van der Waals surface area contributed by atoms with Crippen molar-refractivity contribution in [2.75, 3.05) is 23.9 Å². The number of anilines is 2. The van der Waals surface area contributed by atoms with Gasteiger partial charge in [-0.2, -0.15) is 11.8 Å². The van der Waals surface area contributed by atoms with E-state index in [0.29, 0.717) is 28.2 Å². The summed E-state index contributed by atoms with van der Waals surface area (Å²) in [5, 5.41) is 4.15. The van der Waals surface area contributed by atoms with Crippen molar-refractivity contribution in [3.63, 3.8) is 0 Å². The number of nitrogens with one attached hydrogen (secondary N) is 1. The van der Waals surface area contributed by atoms with Crippen molar-refractivity contribution in [3.05, 3.63) is 23.8 Å². The van der Waals surface area contributed by atoms with Gasteiger partial charge in [-0.05, 0) is 37.1 Å². The van der Waals surface area contributed by atoms with Crippen molar-refractivity contribution in [2.24, 2.45) is 0 Å². The number of thioether (sulfide) groups is 1. The Hall–Kier alpha value is -1.36. The van der Waals surface area contributed by atoms with Crippen molar-refractivity contribution in [1.82, 2.24) is 0 Å². The maximum Gasteiger partial charge on any atom is 0.340 e. The fraction of sp³-hybridized carbons (Fsp3) is 0.533. The second-order valence-corrected chi connectivity index (χ2v) is 6.57. The van der Waals surface area contributed by atoms with Crippen LogP contribution in [0.5, 0.6) is 0 Å². The molecule has 0 saturated heterocycles. The predicted molar refractivity (Wildman–Crippen MR) is 85.4 cm³/mol. The van der Waals surface area contributed by atoms with E-state index in [1.54, 1.807) is 12.1 Å². The fourth-order valence-electron chi connectivity index (χ4n) is 2.67. The van der Waals surface area contributed by atoms with E-state index in [-0.39, 0.29) is 5.97 Å². The molecule has 1 aliphatic carbocycles. The molecule has 1 aliphatic rings. The van der Waals surface area contributed by atoms with Gasteiger partial charge in [0.25, 0.3) is 0 Å². The molecule has 20 heavy (non-hydrogen) atoms. The average Bonchev–Trinajstić information content (AvgIpc) is 2.88. The fourth-order valence-corrected chi connectivity index (χ4v) is 3.82. The molecule has 1 saturated carbocycles. The van der Waals surface area contributed by atoms with E-state index in [2.05, 4.69) is 12.2 Å². The summed E-state index contributed by atoms with van der Waals surface area (Å²) >= 11 is 2.01. The number of hydrogen-bond acceptors (Lipinski definition) is 5. The average molecular weight is 294 g/mol. The molecular weight excluding hydrogens is 272 g/mol. The minimum Gasteiger partial charge on any atom is -0.465 e. The summed E-state index contributed by atoms with van der Waals surface area (Å²) < 4.78 is 4.82. The van der Waals surface area contributed by atoms with Gasteiger partial charge in [0.2, 0.25) is 0 Å². The van der Waals surface area contributed by atoms with Gasteiger partial charge in [-0.3, -0.25) is 0 Å². The van der Waals surface area contributed by atoms with Gasteiger partial charge in [-0.1, -0.05) is 13.0 Å². The van der Waals surface area contributed by atoms with Crippen LogP contribution in [0.3, 0.4) is 0 Å². The molecule has 0 heterocycles. The first-order valence-corrected chi connectivity index (χ1v) is 8.05. The Balaban J connectivity index is 2.11. The number of esters is 1. The van der Waals surface area contributed by atoms with Gasteiger partial charge in [-0.15, -0.1) is 0 Å². The highest BCUT2D eigenvalue weighted by molar-refractivity contribution is 7.99. The number of ether oxygens (including phenoxy) is 1. The van der Waals surface area contributed by atoms with Crippen LogP contribution in [-0.4, -0.2) is 30.1 Å². The number of benzene rings is 1. The number of nitrogen functional groups attached to an aromatic ring is 1. The highest BCUT2D eigenvalue weighted by Crippen LogP contribution is 2.34. The Morgan fingerprint density at radius 1 is 1.50 bits per heavy atom. The summed E-state index contributed by atoms with van der Waals surface area (Å²) in [7, 11) is 1.39. The van der Waals surface area contributed by atoms with Crippen molar-refractivity contribution >= 4 is 29.1 Å². The molecule has 5 heteroatoms. The molecule has 0 aliphatic heterocycles. The number of hydrogen-bond donors (Lipinski definition) is 2. The van der Waals surface area contributed by atoms with Crippen LogP contribution in [0.15, 0.2) is 18.2 Å². The molecule has 1 aromatic carbocycles. The third-order valence-corrected chi connectivity index (χ3v) is 4.87. The van der Waals surface area contributed by atoms with Crippen LogP contribution in [-0.2, 0) is 4.74 Å². The number of rotatable bonds is 5. The van der Waals surface area contributed by atoms with E-state index in [1.165, 1.54) is 13.5 Å². The van der Waals surface area contributed by atoms with Crippen LogP contribution < -0.4 is 11.1 Å². The smallest absolute Gasteiger partial charge is 0.340 e. The SMILES string of the molecule is CCSC1CCC(Nc2c(N)cccc2C(=O)OC)C1. The van der Waals surface area contributed by atoms with Crippen LogP contribution in [0.25, 0.3) is 0 Å². The van der Waals surface area contributed by atoms with Crippen LogP contribution in [0.2, 0.25) is 0 Å². The second-order valence-electron chi connectivity index (χ2n) is 4.99. The van der Waals surface area contributed by atoms with Gasteiger partial charge < -0.3 is 15.8 Å². The zero-order valence-corrected chi connectivity index (χ0v) is 12.8. The molecule has 1 fully saturated rings. The van der Waals surface area contributed by atoms with Crippen LogP contribution in [0.4, 0.5) is 11.4 Å². The maximum atomic E-state index is 11.8. The molecule has 2 rings (SSSR count). The zero-order chi connectivity index (χ0) is 14.5. The van der Waals surface area contributed by atoms with E-state index in [4.69, 9.17) is 10.5 Å². The number of carbonyl (C=O) groups is 1. The monoisotopic (exact) mass is 294 g/mol. The Morgan fingerprint density at radius 2 is 2.30 bits per heavy atom. The normalized spacial score (nSPS) is 21.7. The Bertz CT molecular complexity index is 479. The summed E-state index contributed by atoms with van der Waals surface area (Å²) in [6.07, 6.45) is 3.45. The molecule has 0 spiro atoms. The van der Waals surface area contributed by atoms with Gasteiger partial charge in [0.1, 0.15) is 0 Å². The lowest BCUT2D eigenvalue weighted by Gasteiger charge is -2.18. The third-order valence-electron chi connectivity index (χ3n) is 3.64. The van der Waals surface area contributed by atoms with Gasteiger partial charge in [-0.25, -0.2) is 4.79 Å². The van der Waals surface area contributed by atoms with E-state index >= 15 is 0 Å². The summed E-state index contributed by atoms with van der Waals surface area (Å²) in [4.78, 5) is 11.8. The molecule has 3 N–H and O–H groups in total. The topological polar surface area (TPSA) is 64.3 Å².